The van der Waals surface area contributed by atoms with Crippen molar-refractivity contribution < 1.29 is 0 Å². The zero-order chi connectivity index (χ0) is 8.93. The molecule has 1 saturated carbocycles. The fourth-order valence-electron chi connectivity index (χ4n) is 1.89. The summed E-state index contributed by atoms with van der Waals surface area (Å²) < 4.78 is 0. The van der Waals surface area contributed by atoms with Gasteiger partial charge >= 0.3 is 0 Å². The lowest BCUT2D eigenvalue weighted by molar-refractivity contribution is 0.668. The van der Waals surface area contributed by atoms with Crippen molar-refractivity contribution in [3.05, 3.63) is 11.3 Å². The van der Waals surface area contributed by atoms with E-state index in [1.807, 2.05) is 6.92 Å². The number of nitrogens with two attached hydrogens (primary N) is 1. The lowest BCUT2D eigenvalue weighted by Gasteiger charge is -2.07. The molecule has 0 saturated heterocycles. The van der Waals surface area contributed by atoms with Crippen molar-refractivity contribution in [2.24, 2.45) is 5.92 Å². The standard InChI is InChI=1S/C9H15N3/c1-5-4-9(5,3)7-6(2)8(10)12-11-7/h5H,4H2,1-3H3,(H3,10,11,12). The molecular weight excluding hydrogens is 150 g/mol. The Morgan fingerprint density at radius 2 is 2.25 bits per heavy atom. The van der Waals surface area contributed by atoms with Gasteiger partial charge < -0.3 is 5.73 Å². The predicted octanol–water partition coefficient (Wildman–Crippen LogP) is 1.60. The third-order valence-corrected chi connectivity index (χ3v) is 3.28. The molecule has 1 aliphatic carbocycles. The lowest BCUT2D eigenvalue weighted by atomic mass is 9.99. The number of hydrogen-bond acceptors (Lipinski definition) is 2. The molecule has 1 aromatic rings. The summed E-state index contributed by atoms with van der Waals surface area (Å²) in [5, 5.41) is 7.04. The van der Waals surface area contributed by atoms with Gasteiger partial charge in [-0.05, 0) is 19.3 Å². The molecule has 3 N–H and O–H groups in total. The molecule has 3 nitrogen and oxygen atoms in total. The second-order valence-electron chi connectivity index (χ2n) is 4.13. The first-order valence-electron chi connectivity index (χ1n) is 4.36. The fraction of sp³-hybridized carbons (Fsp3) is 0.667. The third kappa shape index (κ3) is 0.792. The minimum atomic E-state index is 0.314. The molecule has 1 heterocycles. The SMILES string of the molecule is Cc1c(N)n[nH]c1C1(C)CC1C. The topological polar surface area (TPSA) is 54.7 Å². The van der Waals surface area contributed by atoms with E-state index in [4.69, 9.17) is 5.73 Å². The van der Waals surface area contributed by atoms with E-state index in [0.717, 1.165) is 11.5 Å². The molecule has 1 aliphatic rings. The number of nitrogen functional groups attached to an aromatic ring is 1. The molecule has 3 heteroatoms. The minimum absolute atomic E-state index is 0.314. The zero-order valence-corrected chi connectivity index (χ0v) is 7.81. The Balaban J connectivity index is 2.42. The van der Waals surface area contributed by atoms with Crippen molar-refractivity contribution in [1.29, 1.82) is 0 Å². The van der Waals surface area contributed by atoms with Crippen LogP contribution in [0.2, 0.25) is 0 Å². The second kappa shape index (κ2) is 2.03. The van der Waals surface area contributed by atoms with E-state index < -0.39 is 0 Å². The van der Waals surface area contributed by atoms with Crippen LogP contribution in [0.1, 0.15) is 31.5 Å². The van der Waals surface area contributed by atoms with Crippen LogP contribution in [0.5, 0.6) is 0 Å². The summed E-state index contributed by atoms with van der Waals surface area (Å²) in [6.45, 7) is 6.55. The van der Waals surface area contributed by atoms with Crippen LogP contribution in [-0.4, -0.2) is 10.2 Å². The van der Waals surface area contributed by atoms with Crippen molar-refractivity contribution in [3.63, 3.8) is 0 Å². The molecule has 0 aromatic carbocycles. The molecule has 1 fully saturated rings. The van der Waals surface area contributed by atoms with E-state index in [0.29, 0.717) is 11.2 Å². The maximum atomic E-state index is 5.67. The van der Waals surface area contributed by atoms with Crippen molar-refractivity contribution in [2.45, 2.75) is 32.6 Å². The van der Waals surface area contributed by atoms with Gasteiger partial charge in [0.15, 0.2) is 0 Å². The summed E-state index contributed by atoms with van der Waals surface area (Å²) >= 11 is 0. The lowest BCUT2D eigenvalue weighted by Crippen LogP contribution is -2.05. The Kier molecular flexibility index (Phi) is 1.29. The summed E-state index contributed by atoms with van der Waals surface area (Å²) in [6, 6.07) is 0. The molecule has 1 aromatic heterocycles. The monoisotopic (exact) mass is 165 g/mol. The number of nitrogens with one attached hydrogen (secondary N) is 1. The van der Waals surface area contributed by atoms with E-state index in [9.17, 15) is 0 Å². The maximum Gasteiger partial charge on any atom is 0.148 e. The Labute approximate surface area is 72.4 Å². The molecular formula is C9H15N3. The summed E-state index contributed by atoms with van der Waals surface area (Å²) in [5.41, 5.74) is 8.34. The van der Waals surface area contributed by atoms with Crippen molar-refractivity contribution >= 4 is 5.82 Å². The van der Waals surface area contributed by atoms with Crippen LogP contribution in [0.4, 0.5) is 5.82 Å². The highest BCUT2D eigenvalue weighted by Crippen LogP contribution is 2.54. The highest BCUT2D eigenvalue weighted by atomic mass is 15.2. The number of nitrogens with zero attached hydrogens (tertiary/aromatic N) is 1. The van der Waals surface area contributed by atoms with Crippen molar-refractivity contribution in [2.75, 3.05) is 5.73 Å². The average Bonchev–Trinajstić information content (AvgIpc) is 2.44. The van der Waals surface area contributed by atoms with Gasteiger partial charge in [0.05, 0.1) is 0 Å². The van der Waals surface area contributed by atoms with Crippen LogP contribution in [0.25, 0.3) is 0 Å². The number of aromatic amines is 1. The van der Waals surface area contributed by atoms with Gasteiger partial charge in [-0.1, -0.05) is 13.8 Å². The van der Waals surface area contributed by atoms with Gasteiger partial charge in [0, 0.05) is 16.7 Å². The van der Waals surface area contributed by atoms with E-state index in [1.54, 1.807) is 0 Å². The summed E-state index contributed by atoms with van der Waals surface area (Å²) in [5.74, 6) is 1.40. The Hall–Kier alpha value is -0.990. The van der Waals surface area contributed by atoms with E-state index in [1.165, 1.54) is 12.1 Å². The van der Waals surface area contributed by atoms with E-state index >= 15 is 0 Å². The summed E-state index contributed by atoms with van der Waals surface area (Å²) in [4.78, 5) is 0. The Morgan fingerprint density at radius 1 is 1.67 bits per heavy atom. The van der Waals surface area contributed by atoms with Crippen LogP contribution in [0.3, 0.4) is 0 Å². The van der Waals surface area contributed by atoms with Gasteiger partial charge in [-0.3, -0.25) is 5.10 Å². The third-order valence-electron chi connectivity index (χ3n) is 3.28. The summed E-state index contributed by atoms with van der Waals surface area (Å²) in [7, 11) is 0. The van der Waals surface area contributed by atoms with Gasteiger partial charge in [-0.25, -0.2) is 0 Å². The molecule has 2 unspecified atom stereocenters. The number of H-pyrrole nitrogens is 1. The van der Waals surface area contributed by atoms with Crippen LogP contribution in [0, 0.1) is 12.8 Å². The quantitative estimate of drug-likeness (QED) is 0.664. The normalized spacial score (nSPS) is 33.8. The van der Waals surface area contributed by atoms with Crippen LogP contribution < -0.4 is 5.73 Å². The largest absolute Gasteiger partial charge is 0.382 e. The van der Waals surface area contributed by atoms with Crippen molar-refractivity contribution in [3.8, 4) is 0 Å². The Bertz CT molecular complexity index is 316. The molecule has 0 amide bonds. The molecule has 0 bridgehead atoms. The maximum absolute atomic E-state index is 5.67. The number of hydrogen-bond donors (Lipinski definition) is 2. The Morgan fingerprint density at radius 3 is 2.58 bits per heavy atom. The molecule has 2 rings (SSSR count). The molecule has 0 radical (unpaired) electrons. The van der Waals surface area contributed by atoms with Crippen LogP contribution >= 0.6 is 0 Å². The molecule has 0 spiro atoms. The number of aromatic nitrogens is 2. The fourth-order valence-corrected chi connectivity index (χ4v) is 1.89. The van der Waals surface area contributed by atoms with Gasteiger partial charge in [-0.15, -0.1) is 0 Å². The van der Waals surface area contributed by atoms with E-state index in [2.05, 4.69) is 24.0 Å². The first kappa shape index (κ1) is 7.65. The molecule has 12 heavy (non-hydrogen) atoms. The summed E-state index contributed by atoms with van der Waals surface area (Å²) in [6.07, 6.45) is 1.25. The van der Waals surface area contributed by atoms with Crippen LogP contribution in [-0.2, 0) is 5.41 Å². The number of rotatable bonds is 1. The van der Waals surface area contributed by atoms with E-state index in [-0.39, 0.29) is 0 Å². The molecule has 0 aliphatic heterocycles. The average molecular weight is 165 g/mol. The predicted molar refractivity (Wildman–Crippen MR) is 48.9 cm³/mol. The molecule has 2 atom stereocenters. The molecule has 66 valence electrons. The van der Waals surface area contributed by atoms with Gasteiger partial charge in [0.25, 0.3) is 0 Å². The highest BCUT2D eigenvalue weighted by molar-refractivity contribution is 5.45. The first-order chi connectivity index (χ1) is 5.55. The minimum Gasteiger partial charge on any atom is -0.382 e. The first-order valence-corrected chi connectivity index (χ1v) is 4.36. The smallest absolute Gasteiger partial charge is 0.148 e. The zero-order valence-electron chi connectivity index (χ0n) is 7.81. The second-order valence-corrected chi connectivity index (χ2v) is 4.13. The van der Waals surface area contributed by atoms with Gasteiger partial charge in [-0.2, -0.15) is 5.10 Å². The van der Waals surface area contributed by atoms with Gasteiger partial charge in [0.1, 0.15) is 5.82 Å². The highest BCUT2D eigenvalue weighted by Gasteiger charge is 2.50. The number of anilines is 1. The van der Waals surface area contributed by atoms with Crippen molar-refractivity contribution in [1.82, 2.24) is 10.2 Å². The van der Waals surface area contributed by atoms with Crippen LogP contribution in [0.15, 0.2) is 0 Å². The van der Waals surface area contributed by atoms with Gasteiger partial charge in [0.2, 0.25) is 0 Å².